The smallest absolute Gasteiger partial charge is 0.305 e. The van der Waals surface area contributed by atoms with Crippen LogP contribution in [0.1, 0.15) is 18.4 Å². The maximum Gasteiger partial charge on any atom is 0.305 e. The molecule has 1 amide bonds. The van der Waals surface area contributed by atoms with Crippen molar-refractivity contribution in [3.63, 3.8) is 0 Å². The van der Waals surface area contributed by atoms with Gasteiger partial charge in [-0.2, -0.15) is 0 Å². The fourth-order valence-electron chi connectivity index (χ4n) is 2.34. The van der Waals surface area contributed by atoms with Gasteiger partial charge in [-0.15, -0.1) is 12.4 Å². The maximum absolute atomic E-state index is 12.6. The summed E-state index contributed by atoms with van der Waals surface area (Å²) in [5.74, 6) is 0.384. The number of halogens is 1. The largest absolute Gasteiger partial charge is 0.497 e. The zero-order valence-corrected chi connectivity index (χ0v) is 18.6. The average molecular weight is 445 g/mol. The van der Waals surface area contributed by atoms with Crippen LogP contribution in [0.2, 0.25) is 0 Å². The van der Waals surface area contributed by atoms with E-state index in [0.717, 1.165) is 11.3 Å². The number of esters is 1. The summed E-state index contributed by atoms with van der Waals surface area (Å²) in [4.78, 5) is 28.4. The van der Waals surface area contributed by atoms with E-state index in [1.165, 1.54) is 11.8 Å². The molecule has 1 saturated heterocycles. The molecule has 1 fully saturated rings. The normalized spacial score (nSPS) is 15.1. The lowest BCUT2D eigenvalue weighted by molar-refractivity contribution is -0.144. The van der Waals surface area contributed by atoms with Gasteiger partial charge in [-0.3, -0.25) is 14.5 Å². The quantitative estimate of drug-likeness (QED) is 0.329. The molecule has 0 bridgehead atoms. The molecule has 1 aromatic carbocycles. The number of likely N-dealkylation sites (N-methyl/N-ethyl adjacent to an activating group) is 1. The standard InChI is InChI=1S/C19H24N2O4S2.ClH/c1-20(2)11-12-25-17(22)5-4-10-21-18(23)16(27-19(21)26)13-14-6-8-15(24-3)9-7-14;/h6-9,13H,4-5,10-12H2,1-3H3;1H. The SMILES string of the molecule is COc1ccc(C=C2SC(=S)N(CCCC(=O)OCCN(C)C)C2=O)cc1.Cl. The highest BCUT2D eigenvalue weighted by molar-refractivity contribution is 8.26. The zero-order valence-electron chi connectivity index (χ0n) is 16.2. The number of nitrogens with zero attached hydrogens (tertiary/aromatic N) is 2. The Morgan fingerprint density at radius 2 is 1.96 bits per heavy atom. The molecule has 154 valence electrons. The van der Waals surface area contributed by atoms with Gasteiger partial charge >= 0.3 is 5.97 Å². The molecule has 6 nitrogen and oxygen atoms in total. The molecule has 9 heteroatoms. The fourth-order valence-corrected chi connectivity index (χ4v) is 3.65. The van der Waals surface area contributed by atoms with Crippen LogP contribution in [0.5, 0.6) is 5.75 Å². The van der Waals surface area contributed by atoms with Crippen molar-refractivity contribution in [1.82, 2.24) is 9.80 Å². The Labute approximate surface area is 181 Å². The lowest BCUT2D eigenvalue weighted by atomic mass is 10.2. The van der Waals surface area contributed by atoms with E-state index in [-0.39, 0.29) is 30.7 Å². The predicted molar refractivity (Wildman–Crippen MR) is 119 cm³/mol. The molecule has 1 aliphatic rings. The van der Waals surface area contributed by atoms with E-state index in [2.05, 4.69) is 0 Å². The highest BCUT2D eigenvalue weighted by Gasteiger charge is 2.31. The summed E-state index contributed by atoms with van der Waals surface area (Å²) in [6.45, 7) is 1.47. The second-order valence-corrected chi connectivity index (χ2v) is 7.91. The molecule has 1 aliphatic heterocycles. The third kappa shape index (κ3) is 7.43. The second-order valence-electron chi connectivity index (χ2n) is 6.23. The summed E-state index contributed by atoms with van der Waals surface area (Å²) in [7, 11) is 5.45. The number of hydrogen-bond acceptors (Lipinski definition) is 7. The monoisotopic (exact) mass is 444 g/mol. The number of methoxy groups -OCH3 is 1. The van der Waals surface area contributed by atoms with Gasteiger partial charge in [-0.1, -0.05) is 36.1 Å². The molecule has 0 N–H and O–H groups in total. The number of hydrogen-bond donors (Lipinski definition) is 0. The predicted octanol–water partition coefficient (Wildman–Crippen LogP) is 3.20. The number of rotatable bonds is 9. The van der Waals surface area contributed by atoms with Gasteiger partial charge in [0.15, 0.2) is 0 Å². The molecule has 0 aliphatic carbocycles. The van der Waals surface area contributed by atoms with Gasteiger partial charge in [0.1, 0.15) is 16.7 Å². The topological polar surface area (TPSA) is 59.1 Å². The fraction of sp³-hybridized carbons (Fsp3) is 0.421. The van der Waals surface area contributed by atoms with E-state index in [1.807, 2.05) is 49.3 Å². The number of benzene rings is 1. The molecular weight excluding hydrogens is 420 g/mol. The van der Waals surface area contributed by atoms with Crippen LogP contribution in [0, 0.1) is 0 Å². The molecule has 2 rings (SSSR count). The van der Waals surface area contributed by atoms with E-state index in [1.54, 1.807) is 12.0 Å². The van der Waals surface area contributed by atoms with Gasteiger partial charge in [0, 0.05) is 19.5 Å². The van der Waals surface area contributed by atoms with Crippen LogP contribution in [-0.2, 0) is 14.3 Å². The van der Waals surface area contributed by atoms with Gasteiger partial charge < -0.3 is 14.4 Å². The maximum atomic E-state index is 12.6. The summed E-state index contributed by atoms with van der Waals surface area (Å²) >= 11 is 6.59. The summed E-state index contributed by atoms with van der Waals surface area (Å²) in [5, 5.41) is 0. The Kier molecular flexibility index (Phi) is 10.5. The number of amides is 1. The van der Waals surface area contributed by atoms with Crippen molar-refractivity contribution in [2.75, 3.05) is 40.9 Å². The van der Waals surface area contributed by atoms with Crippen LogP contribution in [0.15, 0.2) is 29.2 Å². The van der Waals surface area contributed by atoms with Crippen LogP contribution >= 0.6 is 36.4 Å². The Morgan fingerprint density at radius 3 is 2.57 bits per heavy atom. The van der Waals surface area contributed by atoms with Crippen molar-refractivity contribution >= 4 is 58.7 Å². The minimum Gasteiger partial charge on any atom is -0.497 e. The highest BCUT2D eigenvalue weighted by atomic mass is 35.5. The van der Waals surface area contributed by atoms with Crippen LogP contribution in [0.25, 0.3) is 6.08 Å². The molecule has 0 spiro atoms. The summed E-state index contributed by atoms with van der Waals surface area (Å²) in [6, 6.07) is 7.45. The number of ether oxygens (including phenoxy) is 2. The number of thiocarbonyl (C=S) groups is 1. The Balaban J connectivity index is 0.00000392. The second kappa shape index (κ2) is 12.1. The van der Waals surface area contributed by atoms with Crippen LogP contribution in [0.4, 0.5) is 0 Å². The first kappa shape index (κ1) is 24.4. The first-order valence-corrected chi connectivity index (χ1v) is 9.83. The number of carbonyl (C=O) groups excluding carboxylic acids is 2. The van der Waals surface area contributed by atoms with Gasteiger partial charge in [-0.05, 0) is 44.3 Å². The van der Waals surface area contributed by atoms with Crippen molar-refractivity contribution in [1.29, 1.82) is 0 Å². The first-order chi connectivity index (χ1) is 12.9. The first-order valence-electron chi connectivity index (χ1n) is 8.60. The molecule has 1 aromatic rings. The van der Waals surface area contributed by atoms with E-state index in [9.17, 15) is 9.59 Å². The van der Waals surface area contributed by atoms with E-state index in [4.69, 9.17) is 21.7 Å². The molecule has 0 saturated carbocycles. The third-order valence-corrected chi connectivity index (χ3v) is 5.23. The highest BCUT2D eigenvalue weighted by Crippen LogP contribution is 2.32. The Bertz CT molecular complexity index is 723. The van der Waals surface area contributed by atoms with Crippen LogP contribution < -0.4 is 4.74 Å². The Hall–Kier alpha value is -1.61. The number of carbonyl (C=O) groups is 2. The molecular formula is C19H25ClN2O4S2. The van der Waals surface area contributed by atoms with E-state index >= 15 is 0 Å². The van der Waals surface area contributed by atoms with Crippen molar-refractivity contribution in [2.24, 2.45) is 0 Å². The number of thioether (sulfide) groups is 1. The average Bonchev–Trinajstić information content (AvgIpc) is 2.89. The molecule has 0 atom stereocenters. The van der Waals surface area contributed by atoms with E-state index in [0.29, 0.717) is 35.3 Å². The minimum absolute atomic E-state index is 0. The van der Waals surface area contributed by atoms with Crippen molar-refractivity contribution in [2.45, 2.75) is 12.8 Å². The van der Waals surface area contributed by atoms with Crippen LogP contribution in [-0.4, -0.2) is 66.9 Å². The van der Waals surface area contributed by atoms with Gasteiger partial charge in [-0.25, -0.2) is 0 Å². The lowest BCUT2D eigenvalue weighted by Gasteiger charge is -2.14. The molecule has 0 unspecified atom stereocenters. The third-order valence-electron chi connectivity index (χ3n) is 3.85. The molecule has 1 heterocycles. The van der Waals surface area contributed by atoms with Gasteiger partial charge in [0.2, 0.25) is 0 Å². The van der Waals surface area contributed by atoms with Crippen molar-refractivity contribution in [3.8, 4) is 5.75 Å². The summed E-state index contributed by atoms with van der Waals surface area (Å²) < 4.78 is 10.8. The van der Waals surface area contributed by atoms with Gasteiger partial charge in [0.05, 0.1) is 12.0 Å². The summed E-state index contributed by atoms with van der Waals surface area (Å²) in [5.41, 5.74) is 0.903. The Morgan fingerprint density at radius 1 is 1.29 bits per heavy atom. The van der Waals surface area contributed by atoms with Crippen molar-refractivity contribution in [3.05, 3.63) is 34.7 Å². The van der Waals surface area contributed by atoms with Crippen molar-refractivity contribution < 1.29 is 19.1 Å². The molecule has 28 heavy (non-hydrogen) atoms. The minimum atomic E-state index is -0.254. The van der Waals surface area contributed by atoms with Gasteiger partial charge in [0.25, 0.3) is 5.91 Å². The molecule has 0 aromatic heterocycles. The lowest BCUT2D eigenvalue weighted by Crippen LogP contribution is -2.29. The van der Waals surface area contributed by atoms with E-state index < -0.39 is 0 Å². The zero-order chi connectivity index (χ0) is 19.8. The summed E-state index contributed by atoms with van der Waals surface area (Å²) in [6.07, 6.45) is 2.60. The van der Waals surface area contributed by atoms with Crippen LogP contribution in [0.3, 0.4) is 0 Å². The molecule has 0 radical (unpaired) electrons.